The van der Waals surface area contributed by atoms with Gasteiger partial charge in [-0.25, -0.2) is 14.2 Å². The molecule has 132 valence electrons. The van der Waals surface area contributed by atoms with Gasteiger partial charge < -0.3 is 10.1 Å². The average Bonchev–Trinajstić information content (AvgIpc) is 2.68. The van der Waals surface area contributed by atoms with Crippen molar-refractivity contribution in [3.05, 3.63) is 84.1 Å². The van der Waals surface area contributed by atoms with Gasteiger partial charge in [0.2, 0.25) is 0 Å². The van der Waals surface area contributed by atoms with Gasteiger partial charge in [0.05, 0.1) is 12.3 Å². The van der Waals surface area contributed by atoms with Crippen molar-refractivity contribution in [1.82, 2.24) is 9.97 Å². The molecular weight excluding hydrogens is 333 g/mol. The normalized spacial score (nSPS) is 10.3. The first-order valence-corrected chi connectivity index (χ1v) is 8.26. The number of aryl methyl sites for hydroxylation is 1. The van der Waals surface area contributed by atoms with Crippen LogP contribution < -0.4 is 5.32 Å². The fourth-order valence-corrected chi connectivity index (χ4v) is 2.43. The van der Waals surface area contributed by atoms with Crippen LogP contribution in [-0.4, -0.2) is 22.5 Å². The minimum absolute atomic E-state index is 0.248. The molecule has 0 amide bonds. The molecule has 1 N–H and O–H groups in total. The Morgan fingerprint density at radius 3 is 2.65 bits per heavy atom. The number of aromatic nitrogens is 2. The van der Waals surface area contributed by atoms with Gasteiger partial charge in [0.15, 0.2) is 0 Å². The van der Waals surface area contributed by atoms with Crippen LogP contribution in [0.3, 0.4) is 0 Å². The Bertz CT molecular complexity index is 872. The molecule has 0 aliphatic rings. The van der Waals surface area contributed by atoms with Crippen molar-refractivity contribution in [2.75, 3.05) is 11.9 Å². The second-order valence-corrected chi connectivity index (χ2v) is 5.60. The Balaban J connectivity index is 1.60. The van der Waals surface area contributed by atoms with Gasteiger partial charge in [0.1, 0.15) is 17.2 Å². The molecule has 3 rings (SSSR count). The van der Waals surface area contributed by atoms with E-state index in [0.29, 0.717) is 6.42 Å². The third kappa shape index (κ3) is 4.63. The van der Waals surface area contributed by atoms with Crippen LogP contribution in [0, 0.1) is 5.82 Å². The number of pyridine rings is 2. The summed E-state index contributed by atoms with van der Waals surface area (Å²) >= 11 is 0. The van der Waals surface area contributed by atoms with Crippen molar-refractivity contribution < 1.29 is 13.9 Å². The third-order valence-electron chi connectivity index (χ3n) is 3.75. The number of anilines is 2. The van der Waals surface area contributed by atoms with Crippen molar-refractivity contribution in [3.8, 4) is 0 Å². The number of hydrogen-bond donors (Lipinski definition) is 1. The SMILES string of the molecule is O=C(OCCCc1ccncc1)c1cccnc1Nc1ccccc1F. The van der Waals surface area contributed by atoms with Crippen LogP contribution in [0.5, 0.6) is 0 Å². The van der Waals surface area contributed by atoms with Crippen molar-refractivity contribution in [1.29, 1.82) is 0 Å². The summed E-state index contributed by atoms with van der Waals surface area (Å²) in [5, 5.41) is 2.84. The van der Waals surface area contributed by atoms with Gasteiger partial charge >= 0.3 is 5.97 Å². The first kappa shape index (κ1) is 17.5. The highest BCUT2D eigenvalue weighted by atomic mass is 19.1. The highest BCUT2D eigenvalue weighted by molar-refractivity contribution is 5.95. The number of carbonyl (C=O) groups is 1. The summed E-state index contributed by atoms with van der Waals surface area (Å²) in [6, 6.07) is 13.3. The average molecular weight is 351 g/mol. The largest absolute Gasteiger partial charge is 0.462 e. The van der Waals surface area contributed by atoms with Gasteiger partial charge in [-0.05, 0) is 54.8 Å². The Labute approximate surface area is 150 Å². The van der Waals surface area contributed by atoms with E-state index in [1.54, 1.807) is 42.7 Å². The molecule has 0 saturated heterocycles. The predicted octanol–water partition coefficient (Wildman–Crippen LogP) is 4.15. The number of benzene rings is 1. The van der Waals surface area contributed by atoms with Crippen molar-refractivity contribution >= 4 is 17.5 Å². The van der Waals surface area contributed by atoms with Crippen LogP contribution in [0.4, 0.5) is 15.9 Å². The van der Waals surface area contributed by atoms with Crippen LogP contribution in [-0.2, 0) is 11.2 Å². The zero-order valence-corrected chi connectivity index (χ0v) is 14.1. The van der Waals surface area contributed by atoms with Gasteiger partial charge in [0, 0.05) is 18.6 Å². The van der Waals surface area contributed by atoms with Crippen molar-refractivity contribution in [3.63, 3.8) is 0 Å². The summed E-state index contributed by atoms with van der Waals surface area (Å²) < 4.78 is 19.1. The molecule has 5 nitrogen and oxygen atoms in total. The molecule has 3 aromatic rings. The molecule has 2 heterocycles. The second kappa shape index (κ2) is 8.71. The highest BCUT2D eigenvalue weighted by Gasteiger charge is 2.15. The second-order valence-electron chi connectivity index (χ2n) is 5.60. The fourth-order valence-electron chi connectivity index (χ4n) is 2.43. The summed E-state index contributed by atoms with van der Waals surface area (Å²) in [5.74, 6) is -0.654. The Kier molecular flexibility index (Phi) is 5.88. The molecule has 0 unspecified atom stereocenters. The van der Waals surface area contributed by atoms with Crippen molar-refractivity contribution in [2.45, 2.75) is 12.8 Å². The molecule has 0 aliphatic carbocycles. The Morgan fingerprint density at radius 1 is 1.04 bits per heavy atom. The Hall–Kier alpha value is -3.28. The van der Waals surface area contributed by atoms with Crippen LogP contribution in [0.2, 0.25) is 0 Å². The van der Waals surface area contributed by atoms with E-state index < -0.39 is 11.8 Å². The molecule has 0 atom stereocenters. The summed E-state index contributed by atoms with van der Waals surface area (Å²) in [7, 11) is 0. The van der Waals surface area contributed by atoms with Crippen LogP contribution in [0.1, 0.15) is 22.3 Å². The monoisotopic (exact) mass is 351 g/mol. The summed E-state index contributed by atoms with van der Waals surface area (Å²) in [5.41, 5.74) is 1.65. The fraction of sp³-hybridized carbons (Fsp3) is 0.150. The van der Waals surface area contributed by atoms with Crippen LogP contribution >= 0.6 is 0 Å². The first-order chi connectivity index (χ1) is 12.7. The predicted molar refractivity (Wildman–Crippen MR) is 96.8 cm³/mol. The maximum Gasteiger partial charge on any atom is 0.341 e. The van der Waals surface area contributed by atoms with E-state index in [0.717, 1.165) is 12.0 Å². The van der Waals surface area contributed by atoms with E-state index in [1.807, 2.05) is 12.1 Å². The Morgan fingerprint density at radius 2 is 1.85 bits per heavy atom. The lowest BCUT2D eigenvalue weighted by Crippen LogP contribution is -2.11. The highest BCUT2D eigenvalue weighted by Crippen LogP contribution is 2.21. The summed E-state index contributed by atoms with van der Waals surface area (Å²) in [6.45, 7) is 0.287. The van der Waals surface area contributed by atoms with Gasteiger partial charge in [-0.3, -0.25) is 4.98 Å². The molecule has 6 heteroatoms. The standard InChI is InChI=1S/C20H18FN3O2/c21-17-7-1-2-8-18(17)24-19-16(6-3-11-23-19)20(25)26-14-4-5-15-9-12-22-13-10-15/h1-3,6-13H,4-5,14H2,(H,23,24). The van der Waals surface area contributed by atoms with E-state index in [9.17, 15) is 9.18 Å². The number of ether oxygens (including phenoxy) is 1. The zero-order valence-electron chi connectivity index (χ0n) is 14.1. The lowest BCUT2D eigenvalue weighted by atomic mass is 10.1. The van der Waals surface area contributed by atoms with E-state index in [-0.39, 0.29) is 23.7 Å². The number of nitrogens with zero attached hydrogens (tertiary/aromatic N) is 2. The topological polar surface area (TPSA) is 64.1 Å². The molecular formula is C20H18FN3O2. The number of rotatable bonds is 7. The minimum Gasteiger partial charge on any atom is -0.462 e. The summed E-state index contributed by atoms with van der Waals surface area (Å²) in [6.07, 6.45) is 6.49. The minimum atomic E-state index is -0.494. The lowest BCUT2D eigenvalue weighted by molar-refractivity contribution is 0.0501. The van der Waals surface area contributed by atoms with Crippen molar-refractivity contribution in [2.24, 2.45) is 0 Å². The molecule has 2 aromatic heterocycles. The van der Waals surface area contributed by atoms with E-state index in [2.05, 4.69) is 15.3 Å². The lowest BCUT2D eigenvalue weighted by Gasteiger charge is -2.11. The summed E-state index contributed by atoms with van der Waals surface area (Å²) in [4.78, 5) is 20.4. The number of nitrogens with one attached hydrogen (secondary N) is 1. The van der Waals surface area contributed by atoms with Gasteiger partial charge in [-0.15, -0.1) is 0 Å². The maximum atomic E-state index is 13.8. The molecule has 0 saturated carbocycles. The van der Waals surface area contributed by atoms with Gasteiger partial charge in [-0.2, -0.15) is 0 Å². The molecule has 0 fully saturated rings. The van der Waals surface area contributed by atoms with E-state index >= 15 is 0 Å². The molecule has 0 bridgehead atoms. The quantitative estimate of drug-likeness (QED) is 0.512. The molecule has 0 spiro atoms. The van der Waals surface area contributed by atoms with E-state index in [4.69, 9.17) is 4.74 Å². The smallest absolute Gasteiger partial charge is 0.341 e. The van der Waals surface area contributed by atoms with Crippen LogP contribution in [0.15, 0.2) is 67.1 Å². The van der Waals surface area contributed by atoms with E-state index in [1.165, 1.54) is 12.3 Å². The number of halogens is 1. The van der Waals surface area contributed by atoms with Gasteiger partial charge in [-0.1, -0.05) is 12.1 Å². The third-order valence-corrected chi connectivity index (χ3v) is 3.75. The zero-order chi connectivity index (χ0) is 18.2. The number of hydrogen-bond acceptors (Lipinski definition) is 5. The molecule has 26 heavy (non-hydrogen) atoms. The van der Waals surface area contributed by atoms with Crippen LogP contribution in [0.25, 0.3) is 0 Å². The molecule has 0 aliphatic heterocycles. The first-order valence-electron chi connectivity index (χ1n) is 8.26. The maximum absolute atomic E-state index is 13.8. The molecule has 1 aromatic carbocycles. The number of para-hydroxylation sites is 1. The molecule has 0 radical (unpaired) electrons. The number of carbonyl (C=O) groups excluding carboxylic acids is 1. The van der Waals surface area contributed by atoms with Gasteiger partial charge in [0.25, 0.3) is 0 Å². The number of esters is 1.